The van der Waals surface area contributed by atoms with E-state index in [2.05, 4.69) is 32.9 Å². The molecule has 1 amide bonds. The third kappa shape index (κ3) is 3.55. The van der Waals surface area contributed by atoms with Crippen molar-refractivity contribution in [3.63, 3.8) is 0 Å². The van der Waals surface area contributed by atoms with E-state index in [-0.39, 0.29) is 11.3 Å². The third-order valence-corrected chi connectivity index (χ3v) is 7.48. The largest absolute Gasteiger partial charge is 0.497 e. The number of hydrogen-bond donors (Lipinski definition) is 0. The smallest absolute Gasteiger partial charge is 0.277 e. The summed E-state index contributed by atoms with van der Waals surface area (Å²) in [5.74, 6) is 1.59. The summed E-state index contributed by atoms with van der Waals surface area (Å²) < 4.78 is 9.05. The second-order valence-corrected chi connectivity index (χ2v) is 9.53. The van der Waals surface area contributed by atoms with E-state index in [1.807, 2.05) is 55.7 Å². The molecule has 3 heterocycles. The number of aromatic nitrogens is 4. The molecular weight excluding hydrogens is 452 g/mol. The van der Waals surface area contributed by atoms with E-state index in [1.165, 1.54) is 5.56 Å². The Morgan fingerprint density at radius 3 is 2.42 bits per heavy atom. The lowest BCUT2D eigenvalue weighted by Crippen LogP contribution is -2.38. The molecule has 2 aromatic heterocycles. The van der Waals surface area contributed by atoms with Gasteiger partial charge in [0.2, 0.25) is 0 Å². The van der Waals surface area contributed by atoms with Gasteiger partial charge in [-0.3, -0.25) is 4.79 Å². The molecule has 6 rings (SSSR count). The molecule has 4 aromatic rings. The SMILES string of the molecule is COc1ccc(-n2nc(C#N)c3c2C(=O)N(c2ccc(C4(Cn5ccnc5C)CC4)cc2)CC3)cc1. The Balaban J connectivity index is 1.30. The second kappa shape index (κ2) is 8.38. The summed E-state index contributed by atoms with van der Waals surface area (Å²) >= 11 is 0. The summed E-state index contributed by atoms with van der Waals surface area (Å²) in [4.78, 5) is 19.9. The Morgan fingerprint density at radius 2 is 1.81 bits per heavy atom. The number of rotatable bonds is 6. The van der Waals surface area contributed by atoms with Crippen LogP contribution < -0.4 is 9.64 Å². The van der Waals surface area contributed by atoms with Crippen LogP contribution in [0.15, 0.2) is 60.9 Å². The molecule has 0 unspecified atom stereocenters. The van der Waals surface area contributed by atoms with E-state index in [0.717, 1.165) is 30.9 Å². The van der Waals surface area contributed by atoms with Crippen molar-refractivity contribution < 1.29 is 9.53 Å². The highest BCUT2D eigenvalue weighted by Gasteiger charge is 2.44. The van der Waals surface area contributed by atoms with Crippen molar-refractivity contribution in [2.24, 2.45) is 0 Å². The van der Waals surface area contributed by atoms with E-state index >= 15 is 0 Å². The zero-order chi connectivity index (χ0) is 24.9. The van der Waals surface area contributed by atoms with Crippen molar-refractivity contribution in [2.75, 3.05) is 18.6 Å². The number of amides is 1. The van der Waals surface area contributed by atoms with Gasteiger partial charge in [-0.25, -0.2) is 9.67 Å². The van der Waals surface area contributed by atoms with Gasteiger partial charge in [-0.1, -0.05) is 12.1 Å². The van der Waals surface area contributed by atoms with Crippen molar-refractivity contribution in [3.05, 3.63) is 89.3 Å². The minimum atomic E-state index is -0.149. The molecule has 2 aromatic carbocycles. The fourth-order valence-electron chi connectivity index (χ4n) is 5.19. The van der Waals surface area contributed by atoms with E-state index in [4.69, 9.17) is 4.74 Å². The van der Waals surface area contributed by atoms with Crippen molar-refractivity contribution >= 4 is 11.6 Å². The molecule has 0 spiro atoms. The standard InChI is InChI=1S/C28H26N6O2/c1-19-30-14-16-32(19)18-28(12-13-28)20-3-5-21(6-4-20)33-15-11-24-25(17-29)31-34(26(24)27(33)35)22-7-9-23(36-2)10-8-22/h3-10,14,16H,11-13,15,18H2,1-2H3. The number of ether oxygens (including phenoxy) is 1. The number of nitriles is 1. The molecule has 0 saturated heterocycles. The maximum atomic E-state index is 13.7. The normalized spacial score (nSPS) is 15.9. The van der Waals surface area contributed by atoms with Crippen LogP contribution in [0.1, 0.15) is 46.0 Å². The third-order valence-electron chi connectivity index (χ3n) is 7.48. The van der Waals surface area contributed by atoms with Gasteiger partial charge in [-0.15, -0.1) is 0 Å². The van der Waals surface area contributed by atoms with Crippen molar-refractivity contribution in [2.45, 2.75) is 38.1 Å². The molecule has 0 N–H and O–H groups in total. The molecule has 36 heavy (non-hydrogen) atoms. The quantitative estimate of drug-likeness (QED) is 0.415. The zero-order valence-electron chi connectivity index (χ0n) is 20.3. The van der Waals surface area contributed by atoms with Gasteiger partial charge in [0.1, 0.15) is 23.3 Å². The fraction of sp³-hybridized carbons (Fsp3) is 0.286. The summed E-state index contributed by atoms with van der Waals surface area (Å²) in [5, 5.41) is 14.1. The number of imidazole rings is 1. The number of aryl methyl sites for hydroxylation is 1. The lowest BCUT2D eigenvalue weighted by molar-refractivity contribution is 0.0973. The van der Waals surface area contributed by atoms with Gasteiger partial charge in [-0.2, -0.15) is 10.4 Å². The van der Waals surface area contributed by atoms with Crippen molar-refractivity contribution in [3.8, 4) is 17.5 Å². The van der Waals surface area contributed by atoms with Gasteiger partial charge in [0.15, 0.2) is 5.69 Å². The van der Waals surface area contributed by atoms with Gasteiger partial charge < -0.3 is 14.2 Å². The van der Waals surface area contributed by atoms with Crippen LogP contribution in [0.25, 0.3) is 5.69 Å². The number of nitrogens with zero attached hydrogens (tertiary/aromatic N) is 6. The maximum absolute atomic E-state index is 13.7. The van der Waals surface area contributed by atoms with Crippen molar-refractivity contribution in [1.82, 2.24) is 19.3 Å². The molecule has 0 radical (unpaired) electrons. The highest BCUT2D eigenvalue weighted by atomic mass is 16.5. The zero-order valence-corrected chi connectivity index (χ0v) is 20.3. The Bertz CT molecular complexity index is 1490. The first-order chi connectivity index (χ1) is 17.5. The summed E-state index contributed by atoms with van der Waals surface area (Å²) in [5.41, 5.74) is 4.45. The maximum Gasteiger partial charge on any atom is 0.277 e. The molecule has 0 bridgehead atoms. The first kappa shape index (κ1) is 22.1. The lowest BCUT2D eigenvalue weighted by atomic mass is 9.95. The monoisotopic (exact) mass is 478 g/mol. The number of carbonyl (C=O) groups excluding carboxylic acids is 1. The van der Waals surface area contributed by atoms with Gasteiger partial charge in [0, 0.05) is 42.1 Å². The Hall–Kier alpha value is -4.38. The summed E-state index contributed by atoms with van der Waals surface area (Å²) in [6, 6.07) is 17.9. The first-order valence-electron chi connectivity index (χ1n) is 12.1. The fourth-order valence-corrected chi connectivity index (χ4v) is 5.19. The second-order valence-electron chi connectivity index (χ2n) is 9.53. The molecule has 180 valence electrons. The van der Waals surface area contributed by atoms with Crippen LogP contribution >= 0.6 is 0 Å². The van der Waals surface area contributed by atoms with Crippen LogP contribution in [0.2, 0.25) is 0 Å². The number of anilines is 1. The lowest BCUT2D eigenvalue weighted by Gasteiger charge is -2.28. The van der Waals surface area contributed by atoms with Gasteiger partial charge in [0.05, 0.1) is 12.8 Å². The average Bonchev–Trinajstić information content (AvgIpc) is 3.43. The molecular formula is C28H26N6O2. The van der Waals surface area contributed by atoms with Gasteiger partial charge >= 0.3 is 0 Å². The van der Waals surface area contributed by atoms with Crippen LogP contribution in [-0.4, -0.2) is 38.9 Å². The van der Waals surface area contributed by atoms with E-state index in [9.17, 15) is 10.1 Å². The van der Waals surface area contributed by atoms with Crippen LogP contribution in [0.3, 0.4) is 0 Å². The number of methoxy groups -OCH3 is 1. The highest BCUT2D eigenvalue weighted by Crippen LogP contribution is 2.50. The van der Waals surface area contributed by atoms with Crippen LogP contribution in [0, 0.1) is 18.3 Å². The van der Waals surface area contributed by atoms with Gasteiger partial charge in [0.25, 0.3) is 5.91 Å². The van der Waals surface area contributed by atoms with Gasteiger partial charge in [-0.05, 0) is 68.1 Å². The molecule has 8 nitrogen and oxygen atoms in total. The predicted octanol–water partition coefficient (Wildman–Crippen LogP) is 4.19. The predicted molar refractivity (Wildman–Crippen MR) is 135 cm³/mol. The van der Waals surface area contributed by atoms with E-state index < -0.39 is 0 Å². The summed E-state index contributed by atoms with van der Waals surface area (Å²) in [6.07, 6.45) is 6.75. The average molecular weight is 479 g/mol. The minimum absolute atomic E-state index is 0.137. The first-order valence-corrected chi connectivity index (χ1v) is 12.1. The minimum Gasteiger partial charge on any atom is -0.497 e. The number of carbonyl (C=O) groups is 1. The van der Waals surface area contributed by atoms with Crippen LogP contribution in [-0.2, 0) is 18.4 Å². The number of benzene rings is 2. The van der Waals surface area contributed by atoms with E-state index in [0.29, 0.717) is 41.4 Å². The Labute approximate surface area is 209 Å². The Morgan fingerprint density at radius 1 is 1.08 bits per heavy atom. The van der Waals surface area contributed by atoms with Crippen LogP contribution in [0.4, 0.5) is 5.69 Å². The highest BCUT2D eigenvalue weighted by molar-refractivity contribution is 6.07. The molecule has 8 heteroatoms. The molecule has 1 saturated carbocycles. The molecule has 2 aliphatic rings. The summed E-state index contributed by atoms with van der Waals surface area (Å²) in [6.45, 7) is 3.46. The number of fused-ring (bicyclic) bond motifs is 1. The molecule has 1 aliphatic carbocycles. The molecule has 1 aliphatic heterocycles. The summed E-state index contributed by atoms with van der Waals surface area (Å²) in [7, 11) is 1.61. The number of hydrogen-bond acceptors (Lipinski definition) is 5. The molecule has 0 atom stereocenters. The molecule has 1 fully saturated rings. The topological polar surface area (TPSA) is 89.0 Å². The van der Waals surface area contributed by atoms with E-state index in [1.54, 1.807) is 16.7 Å². The Kier molecular flexibility index (Phi) is 5.15. The van der Waals surface area contributed by atoms with Crippen LogP contribution in [0.5, 0.6) is 5.75 Å². The van der Waals surface area contributed by atoms with Crippen molar-refractivity contribution in [1.29, 1.82) is 5.26 Å².